The topological polar surface area (TPSA) is 38.9 Å². The summed E-state index contributed by atoms with van der Waals surface area (Å²) in [6.45, 7) is 5.07. The Balaban J connectivity index is 2.45. The summed E-state index contributed by atoms with van der Waals surface area (Å²) in [7, 11) is 0. The van der Waals surface area contributed by atoms with Crippen LogP contribution in [0.2, 0.25) is 0 Å². The van der Waals surface area contributed by atoms with Crippen LogP contribution in [0.4, 0.5) is 0 Å². The van der Waals surface area contributed by atoms with E-state index in [1.807, 2.05) is 12.3 Å². The van der Waals surface area contributed by atoms with Gasteiger partial charge in [0.15, 0.2) is 0 Å². The van der Waals surface area contributed by atoms with Gasteiger partial charge in [-0.3, -0.25) is 4.98 Å². The first-order valence-corrected chi connectivity index (χ1v) is 5.65. The summed E-state index contributed by atoms with van der Waals surface area (Å²) in [5.74, 6) is 0. The Hall–Kier alpha value is -1.41. The van der Waals surface area contributed by atoms with Crippen molar-refractivity contribution in [2.45, 2.75) is 20.3 Å². The standard InChI is InChI=1S/C14H18N2/c1-14(2,10-15)9-12-6-3-5-11-7-4-8-16-13(11)12/h3-8H,9-10,15H2,1-2H3. The van der Waals surface area contributed by atoms with Gasteiger partial charge >= 0.3 is 0 Å². The molecule has 2 aromatic rings. The molecule has 0 radical (unpaired) electrons. The van der Waals surface area contributed by atoms with Crippen molar-refractivity contribution in [1.82, 2.24) is 4.98 Å². The van der Waals surface area contributed by atoms with Gasteiger partial charge in [-0.1, -0.05) is 38.1 Å². The van der Waals surface area contributed by atoms with Gasteiger partial charge in [0.05, 0.1) is 5.52 Å². The Morgan fingerprint density at radius 2 is 1.94 bits per heavy atom. The van der Waals surface area contributed by atoms with E-state index in [1.54, 1.807) is 0 Å². The molecule has 2 N–H and O–H groups in total. The lowest BCUT2D eigenvalue weighted by Gasteiger charge is -2.22. The molecule has 1 heterocycles. The monoisotopic (exact) mass is 214 g/mol. The summed E-state index contributed by atoms with van der Waals surface area (Å²) >= 11 is 0. The number of rotatable bonds is 3. The number of benzene rings is 1. The van der Waals surface area contributed by atoms with Crippen LogP contribution in [0.25, 0.3) is 10.9 Å². The van der Waals surface area contributed by atoms with Crippen LogP contribution in [0.5, 0.6) is 0 Å². The van der Waals surface area contributed by atoms with E-state index >= 15 is 0 Å². The molecule has 0 amide bonds. The molecule has 0 aliphatic rings. The van der Waals surface area contributed by atoms with Crippen molar-refractivity contribution >= 4 is 10.9 Å². The fraction of sp³-hybridized carbons (Fsp3) is 0.357. The van der Waals surface area contributed by atoms with E-state index in [0.29, 0.717) is 6.54 Å². The van der Waals surface area contributed by atoms with Crippen LogP contribution in [0.15, 0.2) is 36.5 Å². The van der Waals surface area contributed by atoms with Crippen molar-refractivity contribution in [2.75, 3.05) is 6.54 Å². The van der Waals surface area contributed by atoms with E-state index in [4.69, 9.17) is 5.73 Å². The maximum Gasteiger partial charge on any atom is 0.0734 e. The molecular formula is C14H18N2. The molecule has 2 nitrogen and oxygen atoms in total. The molecule has 0 saturated carbocycles. The highest BCUT2D eigenvalue weighted by Crippen LogP contribution is 2.24. The van der Waals surface area contributed by atoms with Gasteiger partial charge in [0.2, 0.25) is 0 Å². The number of para-hydroxylation sites is 1. The smallest absolute Gasteiger partial charge is 0.0734 e. The second kappa shape index (κ2) is 4.22. The Morgan fingerprint density at radius 3 is 2.69 bits per heavy atom. The molecule has 0 spiro atoms. The van der Waals surface area contributed by atoms with Gasteiger partial charge in [-0.15, -0.1) is 0 Å². The Labute approximate surface area is 96.5 Å². The predicted octanol–water partition coefficient (Wildman–Crippen LogP) is 2.76. The molecule has 0 saturated heterocycles. The first-order chi connectivity index (χ1) is 7.62. The first kappa shape index (κ1) is 11.1. The largest absolute Gasteiger partial charge is 0.330 e. The summed E-state index contributed by atoms with van der Waals surface area (Å²) in [5, 5.41) is 1.20. The average Bonchev–Trinajstić information content (AvgIpc) is 2.29. The van der Waals surface area contributed by atoms with Crippen molar-refractivity contribution in [2.24, 2.45) is 11.1 Å². The fourth-order valence-corrected chi connectivity index (χ4v) is 1.90. The molecule has 0 atom stereocenters. The summed E-state index contributed by atoms with van der Waals surface area (Å²) in [5.41, 5.74) is 8.30. The first-order valence-electron chi connectivity index (χ1n) is 5.65. The van der Waals surface area contributed by atoms with Gasteiger partial charge < -0.3 is 5.73 Å². The second-order valence-electron chi connectivity index (χ2n) is 5.04. The van der Waals surface area contributed by atoms with Crippen LogP contribution >= 0.6 is 0 Å². The SMILES string of the molecule is CC(C)(CN)Cc1cccc2cccnc12. The number of aromatic nitrogens is 1. The van der Waals surface area contributed by atoms with Gasteiger partial charge in [-0.05, 0) is 30.0 Å². The van der Waals surface area contributed by atoms with Crippen LogP contribution in [0.3, 0.4) is 0 Å². The normalized spacial score (nSPS) is 11.9. The predicted molar refractivity (Wildman–Crippen MR) is 68.3 cm³/mol. The third-order valence-corrected chi connectivity index (χ3v) is 2.94. The number of nitrogens with zero attached hydrogens (tertiary/aromatic N) is 1. The minimum Gasteiger partial charge on any atom is -0.330 e. The van der Waals surface area contributed by atoms with E-state index in [2.05, 4.69) is 43.1 Å². The summed E-state index contributed by atoms with van der Waals surface area (Å²) in [6, 6.07) is 10.4. The summed E-state index contributed by atoms with van der Waals surface area (Å²) < 4.78 is 0. The minimum absolute atomic E-state index is 0.131. The quantitative estimate of drug-likeness (QED) is 0.853. The molecule has 0 unspecified atom stereocenters. The van der Waals surface area contributed by atoms with Crippen molar-refractivity contribution in [1.29, 1.82) is 0 Å². The number of pyridine rings is 1. The van der Waals surface area contributed by atoms with Crippen LogP contribution < -0.4 is 5.73 Å². The third-order valence-electron chi connectivity index (χ3n) is 2.94. The second-order valence-corrected chi connectivity index (χ2v) is 5.04. The van der Waals surface area contributed by atoms with Crippen molar-refractivity contribution < 1.29 is 0 Å². The number of nitrogens with two attached hydrogens (primary N) is 1. The van der Waals surface area contributed by atoms with Crippen LogP contribution in [-0.2, 0) is 6.42 Å². The zero-order valence-corrected chi connectivity index (χ0v) is 9.90. The molecule has 2 rings (SSSR count). The van der Waals surface area contributed by atoms with Crippen LogP contribution in [0, 0.1) is 5.41 Å². The zero-order chi connectivity index (χ0) is 11.6. The van der Waals surface area contributed by atoms with Gasteiger partial charge in [0.25, 0.3) is 0 Å². The van der Waals surface area contributed by atoms with E-state index < -0.39 is 0 Å². The molecule has 1 aromatic heterocycles. The number of hydrogen-bond acceptors (Lipinski definition) is 2. The minimum atomic E-state index is 0.131. The fourth-order valence-electron chi connectivity index (χ4n) is 1.90. The maximum absolute atomic E-state index is 5.78. The van der Waals surface area contributed by atoms with Crippen LogP contribution in [-0.4, -0.2) is 11.5 Å². The molecule has 0 aliphatic carbocycles. The van der Waals surface area contributed by atoms with Gasteiger partial charge in [0.1, 0.15) is 0 Å². The highest BCUT2D eigenvalue weighted by molar-refractivity contribution is 5.81. The van der Waals surface area contributed by atoms with Crippen molar-refractivity contribution in [3.63, 3.8) is 0 Å². The Bertz CT molecular complexity index is 484. The van der Waals surface area contributed by atoms with Crippen molar-refractivity contribution in [3.8, 4) is 0 Å². The lowest BCUT2D eigenvalue weighted by atomic mass is 9.85. The molecule has 16 heavy (non-hydrogen) atoms. The van der Waals surface area contributed by atoms with Gasteiger partial charge in [-0.2, -0.15) is 0 Å². The Kier molecular flexibility index (Phi) is 2.92. The molecule has 0 aliphatic heterocycles. The van der Waals surface area contributed by atoms with Gasteiger partial charge in [-0.25, -0.2) is 0 Å². The molecular weight excluding hydrogens is 196 g/mol. The maximum atomic E-state index is 5.78. The number of hydrogen-bond donors (Lipinski definition) is 1. The average molecular weight is 214 g/mol. The summed E-state index contributed by atoms with van der Waals surface area (Å²) in [6.07, 6.45) is 2.82. The molecule has 0 bridgehead atoms. The van der Waals surface area contributed by atoms with E-state index in [0.717, 1.165) is 11.9 Å². The van der Waals surface area contributed by atoms with Crippen molar-refractivity contribution in [3.05, 3.63) is 42.1 Å². The lowest BCUT2D eigenvalue weighted by molar-refractivity contribution is 0.378. The zero-order valence-electron chi connectivity index (χ0n) is 9.90. The molecule has 2 heteroatoms. The third kappa shape index (κ3) is 2.22. The molecule has 84 valence electrons. The Morgan fingerprint density at radius 1 is 1.19 bits per heavy atom. The van der Waals surface area contributed by atoms with Gasteiger partial charge in [0, 0.05) is 11.6 Å². The highest BCUT2D eigenvalue weighted by atomic mass is 14.7. The highest BCUT2D eigenvalue weighted by Gasteiger charge is 2.17. The van der Waals surface area contributed by atoms with E-state index in [1.165, 1.54) is 10.9 Å². The van der Waals surface area contributed by atoms with E-state index in [9.17, 15) is 0 Å². The van der Waals surface area contributed by atoms with Crippen LogP contribution in [0.1, 0.15) is 19.4 Å². The number of fused-ring (bicyclic) bond motifs is 1. The lowest BCUT2D eigenvalue weighted by Crippen LogP contribution is -2.26. The molecule has 0 fully saturated rings. The van der Waals surface area contributed by atoms with E-state index in [-0.39, 0.29) is 5.41 Å². The molecule has 1 aromatic carbocycles. The summed E-state index contributed by atoms with van der Waals surface area (Å²) in [4.78, 5) is 4.46.